The van der Waals surface area contributed by atoms with Crippen LogP contribution in [0.25, 0.3) is 0 Å². The molecule has 146 valence electrons. The molecular formula is C20H26ClN3O2S. The maximum Gasteiger partial charge on any atom is 0.190 e. The van der Waals surface area contributed by atoms with E-state index in [9.17, 15) is 4.79 Å². The van der Waals surface area contributed by atoms with Gasteiger partial charge < -0.3 is 9.30 Å². The van der Waals surface area contributed by atoms with Gasteiger partial charge in [0.15, 0.2) is 10.6 Å². The predicted octanol–water partition coefficient (Wildman–Crippen LogP) is 3.98. The number of nitrogens with zero attached hydrogens (tertiary/aromatic N) is 3. The van der Waals surface area contributed by atoms with E-state index in [0.29, 0.717) is 5.02 Å². The van der Waals surface area contributed by atoms with Crippen LogP contribution in [-0.4, -0.2) is 48.1 Å². The molecule has 1 aromatic carbocycles. The molecule has 0 bridgehead atoms. The molecule has 0 atom stereocenters. The van der Waals surface area contributed by atoms with Crippen LogP contribution in [0.1, 0.15) is 34.3 Å². The molecule has 1 saturated heterocycles. The second-order valence-electron chi connectivity index (χ2n) is 6.86. The number of ether oxygens (including phenoxy) is 1. The number of aromatic nitrogens is 1. The summed E-state index contributed by atoms with van der Waals surface area (Å²) in [6.45, 7) is 11.1. The third-order valence-electron chi connectivity index (χ3n) is 4.82. The van der Waals surface area contributed by atoms with Crippen molar-refractivity contribution in [2.75, 3.05) is 32.8 Å². The lowest BCUT2D eigenvalue weighted by Gasteiger charge is -2.26. The third-order valence-corrected chi connectivity index (χ3v) is 6.51. The molecular weight excluding hydrogens is 382 g/mol. The number of morpholine rings is 1. The minimum atomic E-state index is 0.0859. The lowest BCUT2D eigenvalue weighted by Crippen LogP contribution is -2.37. The minimum absolute atomic E-state index is 0.0859. The first-order valence-corrected chi connectivity index (χ1v) is 10.5. The Balaban J connectivity index is 1.85. The normalized spacial score (nSPS) is 16.1. The summed E-state index contributed by atoms with van der Waals surface area (Å²) in [7, 11) is 0. The molecule has 0 unspecified atom stereocenters. The van der Waals surface area contributed by atoms with E-state index in [0.717, 1.165) is 72.4 Å². The lowest BCUT2D eigenvalue weighted by molar-refractivity contribution is 0.0369. The SMILES string of the molecule is CC(=O)c1sc(=Nc2ccc(C)c(Cl)c2)n(CCCN2CCOCC2)c1C. The van der Waals surface area contributed by atoms with E-state index in [4.69, 9.17) is 21.3 Å². The van der Waals surface area contributed by atoms with Crippen molar-refractivity contribution < 1.29 is 9.53 Å². The zero-order chi connectivity index (χ0) is 19.4. The highest BCUT2D eigenvalue weighted by Crippen LogP contribution is 2.22. The van der Waals surface area contributed by atoms with Crippen molar-refractivity contribution in [2.45, 2.75) is 33.7 Å². The van der Waals surface area contributed by atoms with Crippen LogP contribution >= 0.6 is 22.9 Å². The van der Waals surface area contributed by atoms with Crippen LogP contribution < -0.4 is 4.80 Å². The van der Waals surface area contributed by atoms with Gasteiger partial charge in [0.05, 0.1) is 23.8 Å². The van der Waals surface area contributed by atoms with Gasteiger partial charge in [-0.2, -0.15) is 0 Å². The summed E-state index contributed by atoms with van der Waals surface area (Å²) < 4.78 is 7.57. The minimum Gasteiger partial charge on any atom is -0.379 e. The van der Waals surface area contributed by atoms with E-state index in [2.05, 4.69) is 9.47 Å². The maximum atomic E-state index is 12.0. The number of ketones is 1. The Morgan fingerprint density at radius 2 is 2.00 bits per heavy atom. The number of hydrogen-bond donors (Lipinski definition) is 0. The van der Waals surface area contributed by atoms with Gasteiger partial charge in [-0.25, -0.2) is 4.99 Å². The average Bonchev–Trinajstić information content (AvgIpc) is 2.95. The third kappa shape index (κ3) is 5.08. The number of halogens is 1. The van der Waals surface area contributed by atoms with Crippen LogP contribution in [0.3, 0.4) is 0 Å². The number of Topliss-reactive ketones (excluding diaryl/α,β-unsaturated/α-hetero) is 1. The van der Waals surface area contributed by atoms with Crippen LogP contribution in [0.5, 0.6) is 0 Å². The molecule has 1 fully saturated rings. The second kappa shape index (κ2) is 9.15. The molecule has 7 heteroatoms. The molecule has 0 N–H and O–H groups in total. The smallest absolute Gasteiger partial charge is 0.190 e. The fourth-order valence-electron chi connectivity index (χ4n) is 3.20. The topological polar surface area (TPSA) is 46.8 Å². The lowest BCUT2D eigenvalue weighted by atomic mass is 10.2. The van der Waals surface area contributed by atoms with Crippen molar-refractivity contribution >= 4 is 34.4 Å². The summed E-state index contributed by atoms with van der Waals surface area (Å²) >= 11 is 7.70. The Labute approximate surface area is 169 Å². The Kier molecular flexibility index (Phi) is 6.87. The standard InChI is InChI=1S/C20H26ClN3O2S/c1-14-5-6-17(13-18(14)21)22-20-24(15(2)19(27-20)16(3)25)8-4-7-23-9-11-26-12-10-23/h5-6,13H,4,7-12H2,1-3H3. The number of aryl methyl sites for hydroxylation is 1. The van der Waals surface area contributed by atoms with Gasteiger partial charge in [-0.3, -0.25) is 9.69 Å². The van der Waals surface area contributed by atoms with Crippen LogP contribution in [0.4, 0.5) is 5.69 Å². The first-order chi connectivity index (χ1) is 13.0. The van der Waals surface area contributed by atoms with Crippen molar-refractivity contribution in [1.29, 1.82) is 0 Å². The highest BCUT2D eigenvalue weighted by molar-refractivity contribution is 7.11. The summed E-state index contributed by atoms with van der Waals surface area (Å²) in [6.07, 6.45) is 1.01. The average molecular weight is 408 g/mol. The number of benzene rings is 1. The first-order valence-electron chi connectivity index (χ1n) is 9.28. The van der Waals surface area contributed by atoms with Gasteiger partial charge in [0.25, 0.3) is 0 Å². The summed E-state index contributed by atoms with van der Waals surface area (Å²) in [4.78, 5) is 20.8. The maximum absolute atomic E-state index is 12.0. The highest BCUT2D eigenvalue weighted by Gasteiger charge is 2.15. The number of hydrogen-bond acceptors (Lipinski definition) is 5. The monoisotopic (exact) mass is 407 g/mol. The Bertz CT molecular complexity index is 882. The molecule has 1 aliphatic heterocycles. The molecule has 2 aromatic rings. The van der Waals surface area contributed by atoms with Crippen LogP contribution in [0, 0.1) is 13.8 Å². The molecule has 1 aliphatic rings. The Hall–Kier alpha value is -1.47. The van der Waals surface area contributed by atoms with Gasteiger partial charge in [0, 0.05) is 43.8 Å². The van der Waals surface area contributed by atoms with E-state index in [1.165, 1.54) is 11.3 Å². The van der Waals surface area contributed by atoms with Crippen LogP contribution in [-0.2, 0) is 11.3 Å². The van der Waals surface area contributed by atoms with E-state index >= 15 is 0 Å². The predicted molar refractivity (Wildman–Crippen MR) is 110 cm³/mol. The number of thiazole rings is 1. The number of rotatable bonds is 6. The second-order valence-corrected chi connectivity index (χ2v) is 8.24. The van der Waals surface area contributed by atoms with Gasteiger partial charge in [-0.05, 0) is 38.0 Å². The number of carbonyl (C=O) groups is 1. The molecule has 0 radical (unpaired) electrons. The van der Waals surface area contributed by atoms with Crippen LogP contribution in [0.15, 0.2) is 23.2 Å². The Morgan fingerprint density at radius 1 is 1.26 bits per heavy atom. The molecule has 2 heterocycles. The summed E-state index contributed by atoms with van der Waals surface area (Å²) in [5, 5.41) is 0.704. The van der Waals surface area contributed by atoms with Gasteiger partial charge in [0.2, 0.25) is 0 Å². The van der Waals surface area contributed by atoms with E-state index in [1.807, 2.05) is 32.0 Å². The molecule has 0 amide bonds. The van der Waals surface area contributed by atoms with Gasteiger partial charge in [-0.15, -0.1) is 0 Å². The van der Waals surface area contributed by atoms with Crippen molar-refractivity contribution in [3.8, 4) is 0 Å². The molecule has 27 heavy (non-hydrogen) atoms. The van der Waals surface area contributed by atoms with Gasteiger partial charge in [0.1, 0.15) is 0 Å². The van der Waals surface area contributed by atoms with Crippen molar-refractivity contribution in [3.05, 3.63) is 44.2 Å². The first kappa shape index (κ1) is 20.3. The molecule has 5 nitrogen and oxygen atoms in total. The van der Waals surface area contributed by atoms with Crippen LogP contribution in [0.2, 0.25) is 5.02 Å². The van der Waals surface area contributed by atoms with E-state index in [1.54, 1.807) is 6.92 Å². The van der Waals surface area contributed by atoms with E-state index in [-0.39, 0.29) is 5.78 Å². The molecule has 0 spiro atoms. The summed E-state index contributed by atoms with van der Waals surface area (Å²) in [5.41, 5.74) is 2.83. The fraction of sp³-hybridized carbons (Fsp3) is 0.500. The molecule has 0 aliphatic carbocycles. The highest BCUT2D eigenvalue weighted by atomic mass is 35.5. The summed E-state index contributed by atoms with van der Waals surface area (Å²) in [5.74, 6) is 0.0859. The zero-order valence-corrected chi connectivity index (χ0v) is 17.7. The summed E-state index contributed by atoms with van der Waals surface area (Å²) in [6, 6.07) is 5.80. The van der Waals surface area contributed by atoms with Crippen molar-refractivity contribution in [3.63, 3.8) is 0 Å². The van der Waals surface area contributed by atoms with Gasteiger partial charge >= 0.3 is 0 Å². The largest absolute Gasteiger partial charge is 0.379 e. The number of carbonyl (C=O) groups excluding carboxylic acids is 1. The zero-order valence-electron chi connectivity index (χ0n) is 16.1. The molecule has 0 saturated carbocycles. The van der Waals surface area contributed by atoms with Crippen molar-refractivity contribution in [2.24, 2.45) is 4.99 Å². The van der Waals surface area contributed by atoms with Crippen molar-refractivity contribution in [1.82, 2.24) is 9.47 Å². The Morgan fingerprint density at radius 3 is 2.67 bits per heavy atom. The van der Waals surface area contributed by atoms with Gasteiger partial charge in [-0.1, -0.05) is 29.0 Å². The quantitative estimate of drug-likeness (QED) is 0.680. The molecule has 3 rings (SSSR count). The van der Waals surface area contributed by atoms with E-state index < -0.39 is 0 Å². The fourth-order valence-corrected chi connectivity index (χ4v) is 4.45. The molecule has 1 aromatic heterocycles.